The fourth-order valence-electron chi connectivity index (χ4n) is 3.53. The fourth-order valence-corrected chi connectivity index (χ4v) is 3.53. The summed E-state index contributed by atoms with van der Waals surface area (Å²) in [5.41, 5.74) is 1.34. The highest BCUT2D eigenvalue weighted by atomic mass is 19.4. The van der Waals surface area contributed by atoms with Crippen molar-refractivity contribution in [3.05, 3.63) is 64.7 Å². The van der Waals surface area contributed by atoms with Crippen molar-refractivity contribution in [2.45, 2.75) is 64.4 Å². The number of halogens is 5. The Morgan fingerprint density at radius 3 is 2.31 bits per heavy atom. The summed E-state index contributed by atoms with van der Waals surface area (Å²) < 4.78 is 67.7. The van der Waals surface area contributed by atoms with E-state index in [0.717, 1.165) is 28.8 Å². The first kappa shape index (κ1) is 29.2. The van der Waals surface area contributed by atoms with Gasteiger partial charge in [-0.3, -0.25) is 9.59 Å². The van der Waals surface area contributed by atoms with Gasteiger partial charge in [0.25, 0.3) is 0 Å². The van der Waals surface area contributed by atoms with E-state index >= 15 is 0 Å². The van der Waals surface area contributed by atoms with Crippen LogP contribution in [0.5, 0.6) is 0 Å². The number of amides is 2. The third-order valence-electron chi connectivity index (χ3n) is 5.56. The molecule has 0 fully saturated rings. The zero-order chi connectivity index (χ0) is 27.1. The third-order valence-corrected chi connectivity index (χ3v) is 5.56. The van der Waals surface area contributed by atoms with Crippen molar-refractivity contribution in [1.82, 2.24) is 10.6 Å². The lowest BCUT2D eigenvalue weighted by atomic mass is 10.0. The summed E-state index contributed by atoms with van der Waals surface area (Å²) in [6.07, 6.45) is -5.20. The smallest absolute Gasteiger partial charge is 0.391 e. The molecule has 2 aromatic rings. The van der Waals surface area contributed by atoms with Crippen molar-refractivity contribution in [1.29, 1.82) is 0 Å². The van der Waals surface area contributed by atoms with E-state index in [1.54, 1.807) is 12.2 Å². The molecule has 0 heterocycles. The van der Waals surface area contributed by atoms with Crippen LogP contribution in [0.15, 0.2) is 42.5 Å². The molecular weight excluding hydrogens is 485 g/mol. The highest BCUT2D eigenvalue weighted by Gasteiger charge is 2.48. The second-order valence-corrected chi connectivity index (χ2v) is 8.60. The summed E-state index contributed by atoms with van der Waals surface area (Å²) in [7, 11) is 0. The quantitative estimate of drug-likeness (QED) is 0.265. The SMILES string of the molecule is CCC[C@H](O)[C@H](CNCc1ccc(C)cc1C)NC(=O)C(F)(F)C(=O)Nc1cccc(C(F)(F)F)c1. The molecule has 0 spiro atoms. The van der Waals surface area contributed by atoms with Gasteiger partial charge in [0.1, 0.15) is 0 Å². The van der Waals surface area contributed by atoms with Crippen LogP contribution in [0, 0.1) is 13.8 Å². The normalized spacial score (nSPS) is 13.7. The van der Waals surface area contributed by atoms with Crippen LogP contribution >= 0.6 is 0 Å². The Balaban J connectivity index is 2.07. The zero-order valence-electron chi connectivity index (χ0n) is 20.2. The molecule has 0 saturated heterocycles. The third kappa shape index (κ3) is 7.99. The standard InChI is InChI=1S/C25H30F5N3O3/c1-4-6-21(34)20(14-31-13-17-10-9-15(2)11-16(17)3)33-23(36)24(26,27)22(35)32-19-8-5-7-18(12-19)25(28,29)30/h5,7-12,20-21,31,34H,4,6,13-14H2,1-3H3,(H,32,35)(H,33,36)/t20-,21-/m0/s1. The number of carbonyl (C=O) groups excluding carboxylic acids is 2. The molecule has 0 saturated carbocycles. The first-order valence-electron chi connectivity index (χ1n) is 11.4. The summed E-state index contributed by atoms with van der Waals surface area (Å²) in [5, 5.41) is 17.1. The molecule has 4 N–H and O–H groups in total. The fraction of sp³-hybridized carbons (Fsp3) is 0.440. The van der Waals surface area contributed by atoms with E-state index in [-0.39, 0.29) is 13.0 Å². The number of aryl methyl sites for hydroxylation is 2. The second kappa shape index (κ2) is 12.3. The topological polar surface area (TPSA) is 90.5 Å². The van der Waals surface area contributed by atoms with E-state index < -0.39 is 47.3 Å². The van der Waals surface area contributed by atoms with Gasteiger partial charge in [-0.1, -0.05) is 43.2 Å². The summed E-state index contributed by atoms with van der Waals surface area (Å²) in [6, 6.07) is 7.78. The van der Waals surface area contributed by atoms with Gasteiger partial charge >= 0.3 is 23.9 Å². The maximum atomic E-state index is 14.6. The molecule has 0 bridgehead atoms. The molecular formula is C25H30F5N3O3. The van der Waals surface area contributed by atoms with E-state index in [9.17, 15) is 36.6 Å². The number of hydrogen-bond acceptors (Lipinski definition) is 4. The lowest BCUT2D eigenvalue weighted by Gasteiger charge is -2.26. The monoisotopic (exact) mass is 515 g/mol. The maximum absolute atomic E-state index is 14.6. The minimum Gasteiger partial charge on any atom is -0.391 e. The van der Waals surface area contributed by atoms with E-state index in [1.807, 2.05) is 37.4 Å². The van der Waals surface area contributed by atoms with E-state index in [1.165, 1.54) is 0 Å². The Bertz CT molecular complexity index is 1060. The number of nitrogens with one attached hydrogen (secondary N) is 3. The largest absolute Gasteiger partial charge is 0.416 e. The van der Waals surface area contributed by atoms with Crippen LogP contribution in [0.25, 0.3) is 0 Å². The first-order valence-corrected chi connectivity index (χ1v) is 11.4. The molecule has 0 unspecified atom stereocenters. The van der Waals surface area contributed by atoms with Crippen molar-refractivity contribution < 1.29 is 36.6 Å². The molecule has 2 rings (SSSR count). The number of benzene rings is 2. The number of anilines is 1. The first-order chi connectivity index (χ1) is 16.8. The Morgan fingerprint density at radius 2 is 1.69 bits per heavy atom. The molecule has 0 radical (unpaired) electrons. The van der Waals surface area contributed by atoms with Gasteiger partial charge in [-0.05, 0) is 49.6 Å². The van der Waals surface area contributed by atoms with Crippen molar-refractivity contribution in [2.75, 3.05) is 11.9 Å². The number of aliphatic hydroxyl groups excluding tert-OH is 1. The van der Waals surface area contributed by atoms with Gasteiger partial charge in [0.05, 0.1) is 17.7 Å². The van der Waals surface area contributed by atoms with Crippen LogP contribution in [0.4, 0.5) is 27.6 Å². The van der Waals surface area contributed by atoms with Crippen LogP contribution in [-0.4, -0.2) is 41.5 Å². The Kier molecular flexibility index (Phi) is 9.94. The number of carbonyl (C=O) groups is 2. The van der Waals surface area contributed by atoms with Gasteiger partial charge in [-0.15, -0.1) is 0 Å². The van der Waals surface area contributed by atoms with Crippen molar-refractivity contribution in [3.8, 4) is 0 Å². The minimum absolute atomic E-state index is 0.0639. The molecule has 6 nitrogen and oxygen atoms in total. The Labute approximate surface area is 206 Å². The molecule has 2 atom stereocenters. The molecule has 0 aliphatic carbocycles. The van der Waals surface area contributed by atoms with E-state index in [0.29, 0.717) is 25.1 Å². The minimum atomic E-state index is -4.74. The predicted octanol–water partition coefficient (Wildman–Crippen LogP) is 4.33. The molecule has 2 amide bonds. The van der Waals surface area contributed by atoms with Crippen LogP contribution < -0.4 is 16.0 Å². The number of aliphatic hydroxyl groups is 1. The summed E-state index contributed by atoms with van der Waals surface area (Å²) >= 11 is 0. The van der Waals surface area contributed by atoms with Crippen LogP contribution in [-0.2, 0) is 22.3 Å². The van der Waals surface area contributed by atoms with Gasteiger partial charge in [0.15, 0.2) is 0 Å². The number of rotatable bonds is 11. The molecule has 198 valence electrons. The van der Waals surface area contributed by atoms with Gasteiger partial charge in [-0.25, -0.2) is 0 Å². The van der Waals surface area contributed by atoms with Crippen molar-refractivity contribution in [3.63, 3.8) is 0 Å². The van der Waals surface area contributed by atoms with E-state index in [4.69, 9.17) is 0 Å². The second-order valence-electron chi connectivity index (χ2n) is 8.60. The van der Waals surface area contributed by atoms with Gasteiger partial charge in [0, 0.05) is 18.8 Å². The van der Waals surface area contributed by atoms with Crippen molar-refractivity contribution >= 4 is 17.5 Å². The molecule has 11 heteroatoms. The summed E-state index contributed by atoms with van der Waals surface area (Å²) in [4.78, 5) is 24.4. The molecule has 0 aliphatic heterocycles. The maximum Gasteiger partial charge on any atom is 0.416 e. The highest BCUT2D eigenvalue weighted by Crippen LogP contribution is 2.31. The average molecular weight is 516 g/mol. The van der Waals surface area contributed by atoms with Gasteiger partial charge in [-0.2, -0.15) is 22.0 Å². The van der Waals surface area contributed by atoms with Crippen molar-refractivity contribution in [2.24, 2.45) is 0 Å². The predicted molar refractivity (Wildman–Crippen MR) is 125 cm³/mol. The lowest BCUT2D eigenvalue weighted by Crippen LogP contribution is -2.56. The Morgan fingerprint density at radius 1 is 1.00 bits per heavy atom. The average Bonchev–Trinajstić information content (AvgIpc) is 2.79. The number of alkyl halides is 5. The zero-order valence-corrected chi connectivity index (χ0v) is 20.2. The molecule has 0 aromatic heterocycles. The summed E-state index contributed by atoms with van der Waals surface area (Å²) in [6.45, 7) is 5.91. The highest BCUT2D eigenvalue weighted by molar-refractivity contribution is 6.12. The Hall–Kier alpha value is -3.05. The number of hydrogen-bond donors (Lipinski definition) is 4. The van der Waals surface area contributed by atoms with Crippen LogP contribution in [0.3, 0.4) is 0 Å². The van der Waals surface area contributed by atoms with E-state index in [2.05, 4.69) is 5.32 Å². The lowest BCUT2D eigenvalue weighted by molar-refractivity contribution is -0.157. The van der Waals surface area contributed by atoms with Gasteiger partial charge < -0.3 is 21.1 Å². The van der Waals surface area contributed by atoms with Gasteiger partial charge in [0.2, 0.25) is 0 Å². The molecule has 36 heavy (non-hydrogen) atoms. The molecule has 2 aromatic carbocycles. The van der Waals surface area contributed by atoms with Crippen LogP contribution in [0.1, 0.15) is 42.0 Å². The summed E-state index contributed by atoms with van der Waals surface area (Å²) in [5.74, 6) is -8.67. The van der Waals surface area contributed by atoms with Crippen LogP contribution in [0.2, 0.25) is 0 Å². The molecule has 0 aliphatic rings.